The third-order valence-electron chi connectivity index (χ3n) is 13.8. The van der Waals surface area contributed by atoms with Crippen LogP contribution in [0.3, 0.4) is 0 Å². The van der Waals surface area contributed by atoms with E-state index in [4.69, 9.17) is 0 Å². The van der Waals surface area contributed by atoms with Crippen LogP contribution in [-0.4, -0.2) is 6.71 Å². The van der Waals surface area contributed by atoms with Gasteiger partial charge >= 0.3 is 25.8 Å². The van der Waals surface area contributed by atoms with Crippen molar-refractivity contribution >= 4 is 18.9 Å². The van der Waals surface area contributed by atoms with Crippen LogP contribution in [0.1, 0.15) is 99.3 Å². The zero-order valence-corrected chi connectivity index (χ0v) is 39.0. The largest absolute Gasteiger partial charge is 4.00 e. The molecule has 0 heterocycles. The van der Waals surface area contributed by atoms with Gasteiger partial charge in [0.05, 0.1) is 0 Å². The van der Waals surface area contributed by atoms with Crippen LogP contribution < -0.4 is 0 Å². The molecule has 0 aliphatic heterocycles. The van der Waals surface area contributed by atoms with Crippen molar-refractivity contribution in [2.24, 2.45) is 35.5 Å². The Hall–Kier alpha value is -2.70. The van der Waals surface area contributed by atoms with Crippen LogP contribution in [0.5, 0.6) is 0 Å². The van der Waals surface area contributed by atoms with E-state index in [2.05, 4.69) is 130 Å². The van der Waals surface area contributed by atoms with E-state index < -0.39 is 0 Å². The van der Waals surface area contributed by atoms with Gasteiger partial charge in [0.25, 0.3) is 0 Å². The Morgan fingerprint density at radius 2 is 0.782 bits per heavy atom. The van der Waals surface area contributed by atoms with E-state index in [9.17, 15) is 0 Å². The van der Waals surface area contributed by atoms with Crippen LogP contribution in [0.15, 0.2) is 133 Å². The molecule has 0 aromatic heterocycles. The van der Waals surface area contributed by atoms with Crippen LogP contribution in [0.4, 0.5) is 0 Å². The first-order valence-corrected chi connectivity index (χ1v) is 20.1. The summed E-state index contributed by atoms with van der Waals surface area (Å²) in [4.78, 5) is 0. The van der Waals surface area contributed by atoms with Crippen molar-refractivity contribution in [2.45, 2.75) is 95.5 Å². The first kappa shape index (κ1) is 48.4. The number of fused-ring (bicyclic) bond motifs is 2. The van der Waals surface area contributed by atoms with Gasteiger partial charge in [-0.1, -0.05) is 204 Å². The maximum absolute atomic E-state index is 2.71. The molecular weight excluding hydrogens is 826 g/mol. The molecule has 10 unspecified atom stereocenters. The first-order valence-electron chi connectivity index (χ1n) is 20.1. The molecule has 0 radical (unpaired) electrons. The SMILES string of the molecule is C(/C=C/c1ccccc1)=C\c1ccccc1.CB(C1C(C)CC2C(c3ccccc3)CCCC21)C1C(C)CC2C(c3ccccc3)CCCC21.[CH3-].[CH3-].[CH3-].[CH3-].[Hf+4]. The first-order chi connectivity index (χ1) is 24.6. The smallest absolute Gasteiger partial charge is 0.358 e. The van der Waals surface area contributed by atoms with Gasteiger partial charge < -0.3 is 29.7 Å². The van der Waals surface area contributed by atoms with Gasteiger partial charge in [0.1, 0.15) is 6.71 Å². The monoisotopic (exact) mass is 899 g/mol. The Bertz CT molecular complexity index is 1530. The summed E-state index contributed by atoms with van der Waals surface area (Å²) in [5, 5.41) is 0. The minimum Gasteiger partial charge on any atom is -0.358 e. The van der Waals surface area contributed by atoms with Crippen LogP contribution in [0.2, 0.25) is 18.5 Å². The van der Waals surface area contributed by atoms with Crippen LogP contribution >= 0.6 is 0 Å². The van der Waals surface area contributed by atoms with Gasteiger partial charge in [-0.15, -0.1) is 0 Å². The summed E-state index contributed by atoms with van der Waals surface area (Å²) in [5.74, 6) is 9.08. The normalized spacial score (nSPS) is 29.0. The average Bonchev–Trinajstić information content (AvgIpc) is 3.70. The van der Waals surface area contributed by atoms with Gasteiger partial charge in [0.15, 0.2) is 0 Å². The molecule has 0 spiro atoms. The van der Waals surface area contributed by atoms with E-state index in [0.29, 0.717) is 0 Å². The molecule has 0 amide bonds. The molecule has 4 aromatic carbocycles. The Labute approximate surface area is 359 Å². The van der Waals surface area contributed by atoms with Crippen molar-refractivity contribution in [1.82, 2.24) is 0 Å². The van der Waals surface area contributed by atoms with Gasteiger partial charge in [0.2, 0.25) is 0 Å². The summed E-state index contributed by atoms with van der Waals surface area (Å²) < 4.78 is 0. The van der Waals surface area contributed by atoms with Crippen molar-refractivity contribution in [3.8, 4) is 0 Å². The average molecular weight is 897 g/mol. The molecule has 8 rings (SSSR count). The fourth-order valence-electron chi connectivity index (χ4n) is 12.0. The summed E-state index contributed by atoms with van der Waals surface area (Å²) >= 11 is 0. The predicted octanol–water partition coefficient (Wildman–Crippen LogP) is 15.5. The van der Waals surface area contributed by atoms with E-state index in [-0.39, 0.29) is 55.5 Å². The Balaban J connectivity index is 0.000000428. The molecule has 4 aliphatic carbocycles. The van der Waals surface area contributed by atoms with Gasteiger partial charge in [-0.05, 0) is 95.3 Å². The molecular formula is C53H71BHf. The summed E-state index contributed by atoms with van der Waals surface area (Å²) in [5.41, 5.74) is 5.70. The molecule has 4 saturated carbocycles. The topological polar surface area (TPSA) is 0 Å². The Kier molecular flexibility index (Phi) is 20.7. The van der Waals surface area contributed by atoms with E-state index in [0.717, 1.165) is 65.7 Å². The number of benzene rings is 4. The molecule has 0 N–H and O–H groups in total. The molecule has 0 nitrogen and oxygen atoms in total. The van der Waals surface area contributed by atoms with E-state index >= 15 is 0 Å². The van der Waals surface area contributed by atoms with Crippen molar-refractivity contribution in [3.05, 3.63) is 185 Å². The third-order valence-corrected chi connectivity index (χ3v) is 13.8. The standard InChI is InChI=1S/C33H45B.C16H14.4CH3.Hf/c1-22-20-30-26(24-12-6-4-7-13-24)16-10-18-28(30)32(22)34(3)33-23(2)21-31-27(17-11-19-29(31)33)25-14-8-5-9-15-25;1-3-9-15(10-4-1)13-7-8-14-16-11-5-2-6-12-16;;;;;/h4-9,12-15,22-23,26-33H,10-11,16-21H2,1-3H3;1-14H;4*1H3;/q;;4*-1;+4/b;13-7+,14-8+;;;;;. The van der Waals surface area contributed by atoms with Gasteiger partial charge in [-0.25, -0.2) is 0 Å². The minimum absolute atomic E-state index is 0. The quantitative estimate of drug-likeness (QED) is 0.0985. The van der Waals surface area contributed by atoms with Crippen molar-refractivity contribution in [3.63, 3.8) is 0 Å². The van der Waals surface area contributed by atoms with Crippen LogP contribution in [0, 0.1) is 65.2 Å². The molecule has 2 heteroatoms. The Morgan fingerprint density at radius 3 is 1.13 bits per heavy atom. The number of allylic oxidation sites excluding steroid dienone is 2. The zero-order valence-electron chi connectivity index (χ0n) is 35.4. The van der Waals surface area contributed by atoms with E-state index in [1.165, 1.54) is 62.5 Å². The van der Waals surface area contributed by atoms with Crippen molar-refractivity contribution in [1.29, 1.82) is 0 Å². The molecule has 0 bridgehead atoms. The zero-order chi connectivity index (χ0) is 34.3. The maximum Gasteiger partial charge on any atom is 4.00 e. The van der Waals surface area contributed by atoms with Gasteiger partial charge in [0, 0.05) is 0 Å². The molecule has 4 aromatic rings. The fraction of sp³-hybridized carbons (Fsp3) is 0.396. The van der Waals surface area contributed by atoms with Crippen LogP contribution in [0.25, 0.3) is 12.2 Å². The molecule has 290 valence electrons. The molecule has 55 heavy (non-hydrogen) atoms. The summed E-state index contributed by atoms with van der Waals surface area (Å²) in [7, 11) is 0. The fourth-order valence-corrected chi connectivity index (χ4v) is 12.0. The summed E-state index contributed by atoms with van der Waals surface area (Å²) in [6, 6.07) is 43.7. The van der Waals surface area contributed by atoms with E-state index in [1.54, 1.807) is 11.1 Å². The van der Waals surface area contributed by atoms with E-state index in [1.807, 2.05) is 36.4 Å². The number of hydrogen-bond donors (Lipinski definition) is 0. The van der Waals surface area contributed by atoms with Gasteiger partial charge in [-0.3, -0.25) is 0 Å². The van der Waals surface area contributed by atoms with Crippen molar-refractivity contribution < 1.29 is 25.8 Å². The molecule has 0 saturated heterocycles. The number of rotatable bonds is 7. The van der Waals surface area contributed by atoms with Crippen molar-refractivity contribution in [2.75, 3.05) is 0 Å². The number of hydrogen-bond acceptors (Lipinski definition) is 0. The van der Waals surface area contributed by atoms with Crippen LogP contribution in [-0.2, 0) is 25.8 Å². The minimum atomic E-state index is 0. The maximum atomic E-state index is 2.71. The third kappa shape index (κ3) is 11.5. The predicted molar refractivity (Wildman–Crippen MR) is 243 cm³/mol. The molecule has 4 aliphatic rings. The molecule has 4 fully saturated rings. The second-order valence-electron chi connectivity index (χ2n) is 16.5. The summed E-state index contributed by atoms with van der Waals surface area (Å²) in [6.45, 7) is 8.86. The summed E-state index contributed by atoms with van der Waals surface area (Å²) in [6.07, 6.45) is 20.0. The second kappa shape index (κ2) is 23.5. The van der Waals surface area contributed by atoms with Gasteiger partial charge in [-0.2, -0.15) is 0 Å². The Morgan fingerprint density at radius 1 is 0.455 bits per heavy atom. The molecule has 10 atom stereocenters. The second-order valence-corrected chi connectivity index (χ2v) is 16.5.